The molecule has 0 saturated heterocycles. The highest BCUT2D eigenvalue weighted by molar-refractivity contribution is 5.71. The maximum atomic E-state index is 3.98. The normalized spacial score (nSPS) is 10.7. The lowest BCUT2D eigenvalue weighted by atomic mass is 10.1. The van der Waals surface area contributed by atoms with Crippen LogP contribution in [0.4, 0.5) is 0 Å². The van der Waals surface area contributed by atoms with Crippen molar-refractivity contribution in [1.29, 1.82) is 0 Å². The molecular formula is C15H13. The Morgan fingerprint density at radius 1 is 0.733 bits per heavy atom. The first-order valence-corrected chi connectivity index (χ1v) is 5.00. The highest BCUT2D eigenvalue weighted by Gasteiger charge is 1.90. The zero-order chi connectivity index (χ0) is 10.5. The van der Waals surface area contributed by atoms with E-state index in [1.807, 2.05) is 36.4 Å². The van der Waals surface area contributed by atoms with Gasteiger partial charge in [-0.1, -0.05) is 66.7 Å². The van der Waals surface area contributed by atoms with E-state index in [0.717, 1.165) is 5.56 Å². The van der Waals surface area contributed by atoms with Crippen LogP contribution in [0.2, 0.25) is 0 Å². The maximum Gasteiger partial charge on any atom is -0.0224 e. The van der Waals surface area contributed by atoms with Crippen LogP contribution in [0.15, 0.2) is 54.6 Å². The number of rotatable bonds is 2. The SMILES string of the molecule is [CH2]c1ccccc1/C=C/c1ccccc1. The molecule has 73 valence electrons. The minimum Gasteiger partial charge on any atom is -0.0622 e. The van der Waals surface area contributed by atoms with Crippen LogP contribution in [-0.2, 0) is 0 Å². The maximum absolute atomic E-state index is 3.98. The molecule has 0 bridgehead atoms. The topological polar surface area (TPSA) is 0 Å². The van der Waals surface area contributed by atoms with Crippen LogP contribution in [0.5, 0.6) is 0 Å². The van der Waals surface area contributed by atoms with Gasteiger partial charge in [-0.3, -0.25) is 0 Å². The summed E-state index contributed by atoms with van der Waals surface area (Å²) < 4.78 is 0. The van der Waals surface area contributed by atoms with E-state index in [2.05, 4.69) is 37.3 Å². The zero-order valence-corrected chi connectivity index (χ0v) is 8.56. The first-order valence-electron chi connectivity index (χ1n) is 5.00. The summed E-state index contributed by atoms with van der Waals surface area (Å²) in [6, 6.07) is 18.4. The lowest BCUT2D eigenvalue weighted by Crippen LogP contribution is -1.77. The molecule has 0 N–H and O–H groups in total. The molecule has 15 heavy (non-hydrogen) atoms. The molecule has 0 amide bonds. The minimum absolute atomic E-state index is 1.06. The highest BCUT2D eigenvalue weighted by atomic mass is 14.0. The van der Waals surface area contributed by atoms with Crippen LogP contribution in [0, 0.1) is 6.92 Å². The molecule has 0 heteroatoms. The van der Waals surface area contributed by atoms with E-state index in [-0.39, 0.29) is 0 Å². The Morgan fingerprint density at radius 2 is 1.40 bits per heavy atom. The first kappa shape index (κ1) is 9.72. The summed E-state index contributed by atoms with van der Waals surface area (Å²) in [5.74, 6) is 0. The molecule has 0 nitrogen and oxygen atoms in total. The van der Waals surface area contributed by atoms with Gasteiger partial charge >= 0.3 is 0 Å². The van der Waals surface area contributed by atoms with Crippen LogP contribution in [0.3, 0.4) is 0 Å². The van der Waals surface area contributed by atoms with E-state index in [9.17, 15) is 0 Å². The smallest absolute Gasteiger partial charge is 0.0224 e. The summed E-state index contributed by atoms with van der Waals surface area (Å²) in [6.07, 6.45) is 4.20. The van der Waals surface area contributed by atoms with Crippen molar-refractivity contribution in [1.82, 2.24) is 0 Å². The summed E-state index contributed by atoms with van der Waals surface area (Å²) >= 11 is 0. The Hall–Kier alpha value is -1.82. The summed E-state index contributed by atoms with van der Waals surface area (Å²) in [4.78, 5) is 0. The summed E-state index contributed by atoms with van der Waals surface area (Å²) in [5.41, 5.74) is 3.44. The Kier molecular flexibility index (Phi) is 2.99. The van der Waals surface area contributed by atoms with E-state index in [4.69, 9.17) is 0 Å². The van der Waals surface area contributed by atoms with Crippen LogP contribution in [0.1, 0.15) is 16.7 Å². The molecule has 0 aliphatic heterocycles. The highest BCUT2D eigenvalue weighted by Crippen LogP contribution is 2.11. The van der Waals surface area contributed by atoms with Gasteiger partial charge in [0.25, 0.3) is 0 Å². The molecule has 0 atom stereocenters. The molecule has 2 aromatic carbocycles. The Balaban J connectivity index is 2.23. The third-order valence-electron chi connectivity index (χ3n) is 2.31. The van der Waals surface area contributed by atoms with Gasteiger partial charge in [0.15, 0.2) is 0 Å². The second-order valence-corrected chi connectivity index (χ2v) is 3.44. The van der Waals surface area contributed by atoms with Gasteiger partial charge in [-0.25, -0.2) is 0 Å². The van der Waals surface area contributed by atoms with E-state index in [1.165, 1.54) is 11.1 Å². The van der Waals surface area contributed by atoms with Crippen molar-refractivity contribution < 1.29 is 0 Å². The molecule has 1 radical (unpaired) electrons. The van der Waals surface area contributed by atoms with Crippen molar-refractivity contribution in [3.8, 4) is 0 Å². The van der Waals surface area contributed by atoms with E-state index in [0.29, 0.717) is 0 Å². The fraction of sp³-hybridized carbons (Fsp3) is 0. The van der Waals surface area contributed by atoms with Crippen molar-refractivity contribution in [2.24, 2.45) is 0 Å². The molecular weight excluding hydrogens is 180 g/mol. The van der Waals surface area contributed by atoms with Gasteiger partial charge in [0.2, 0.25) is 0 Å². The van der Waals surface area contributed by atoms with E-state index < -0.39 is 0 Å². The fourth-order valence-electron chi connectivity index (χ4n) is 1.45. The Morgan fingerprint density at radius 3 is 2.13 bits per heavy atom. The van der Waals surface area contributed by atoms with Crippen LogP contribution in [-0.4, -0.2) is 0 Å². The summed E-state index contributed by atoms with van der Waals surface area (Å²) in [7, 11) is 0. The Labute approximate surface area is 90.9 Å². The van der Waals surface area contributed by atoms with Gasteiger partial charge in [0.05, 0.1) is 0 Å². The van der Waals surface area contributed by atoms with Gasteiger partial charge < -0.3 is 0 Å². The predicted molar refractivity (Wildman–Crippen MR) is 66.3 cm³/mol. The van der Waals surface area contributed by atoms with E-state index in [1.54, 1.807) is 0 Å². The monoisotopic (exact) mass is 193 g/mol. The third-order valence-corrected chi connectivity index (χ3v) is 2.31. The average Bonchev–Trinajstić information content (AvgIpc) is 2.29. The summed E-state index contributed by atoms with van der Waals surface area (Å²) in [5, 5.41) is 0. The molecule has 0 heterocycles. The largest absolute Gasteiger partial charge is 0.0622 e. The third kappa shape index (κ3) is 2.57. The van der Waals surface area contributed by atoms with Crippen molar-refractivity contribution in [2.45, 2.75) is 0 Å². The first-order chi connectivity index (χ1) is 7.36. The van der Waals surface area contributed by atoms with Gasteiger partial charge in [-0.2, -0.15) is 0 Å². The lowest BCUT2D eigenvalue weighted by Gasteiger charge is -1.98. The fourth-order valence-corrected chi connectivity index (χ4v) is 1.45. The van der Waals surface area contributed by atoms with Gasteiger partial charge in [-0.15, -0.1) is 0 Å². The van der Waals surface area contributed by atoms with Crippen molar-refractivity contribution in [3.63, 3.8) is 0 Å². The molecule has 0 unspecified atom stereocenters. The predicted octanol–water partition coefficient (Wildman–Crippen LogP) is 4.04. The van der Waals surface area contributed by atoms with Crippen LogP contribution < -0.4 is 0 Å². The van der Waals surface area contributed by atoms with E-state index >= 15 is 0 Å². The standard InChI is InChI=1S/C15H13/c1-13-7-5-6-10-15(13)12-11-14-8-3-2-4-9-14/h2-12H,1H2/b12-11+. The minimum atomic E-state index is 1.06. The number of benzene rings is 2. The second kappa shape index (κ2) is 4.61. The number of hydrogen-bond donors (Lipinski definition) is 0. The Bertz CT molecular complexity index is 452. The molecule has 2 aromatic rings. The molecule has 0 aliphatic carbocycles. The van der Waals surface area contributed by atoms with Gasteiger partial charge in [0.1, 0.15) is 0 Å². The number of hydrogen-bond acceptors (Lipinski definition) is 0. The molecule has 0 spiro atoms. The van der Waals surface area contributed by atoms with Crippen LogP contribution in [0.25, 0.3) is 12.2 Å². The van der Waals surface area contributed by atoms with Gasteiger partial charge in [-0.05, 0) is 23.6 Å². The van der Waals surface area contributed by atoms with Gasteiger partial charge in [0, 0.05) is 0 Å². The van der Waals surface area contributed by atoms with Crippen molar-refractivity contribution in [3.05, 3.63) is 78.2 Å². The molecule has 0 fully saturated rings. The quantitative estimate of drug-likeness (QED) is 0.631. The lowest BCUT2D eigenvalue weighted by molar-refractivity contribution is 1.57. The molecule has 0 saturated carbocycles. The molecule has 2 rings (SSSR count). The van der Waals surface area contributed by atoms with Crippen LogP contribution >= 0.6 is 0 Å². The van der Waals surface area contributed by atoms with Crippen molar-refractivity contribution >= 4 is 12.2 Å². The van der Waals surface area contributed by atoms with Crippen molar-refractivity contribution in [2.75, 3.05) is 0 Å². The molecule has 0 aliphatic rings. The molecule has 0 aromatic heterocycles. The zero-order valence-electron chi connectivity index (χ0n) is 8.56. The second-order valence-electron chi connectivity index (χ2n) is 3.44. The average molecular weight is 193 g/mol. The summed E-state index contributed by atoms with van der Waals surface area (Å²) in [6.45, 7) is 3.98.